The third-order valence-electron chi connectivity index (χ3n) is 2.68. The summed E-state index contributed by atoms with van der Waals surface area (Å²) in [4.78, 5) is 13.9. The molecule has 1 unspecified atom stereocenters. The number of hydrogen-bond acceptors (Lipinski definition) is 7. The molecule has 2 rings (SSSR count). The van der Waals surface area contributed by atoms with Crippen LogP contribution in [0.4, 0.5) is 17.8 Å². The number of nitrogens with zero attached hydrogens (tertiary/aromatic N) is 4. The number of benzene rings is 1. The van der Waals surface area contributed by atoms with Crippen molar-refractivity contribution in [3.8, 4) is 0 Å². The average Bonchev–Trinajstić information content (AvgIpc) is 2.45. The van der Waals surface area contributed by atoms with Crippen LogP contribution in [0.15, 0.2) is 30.3 Å². The van der Waals surface area contributed by atoms with E-state index in [1.165, 1.54) is 0 Å². The predicted octanol–water partition coefficient (Wildman–Crippen LogP) is 0.665. The second-order valence-electron chi connectivity index (χ2n) is 4.52. The molecule has 4 N–H and O–H groups in total. The molecule has 1 aromatic carbocycles. The Kier molecular flexibility index (Phi) is 4.31. The first-order valence-corrected chi connectivity index (χ1v) is 6.22. The lowest BCUT2D eigenvalue weighted by atomic mass is 10.1. The topological polar surface area (TPSA) is 100 Å². The van der Waals surface area contributed by atoms with Crippen LogP contribution in [0, 0.1) is 0 Å². The Morgan fingerprint density at radius 1 is 1.20 bits per heavy atom. The minimum absolute atomic E-state index is 0.139. The second kappa shape index (κ2) is 6.16. The SMILES string of the molecule is CN(C)c1nc(N)nc(NCC(O)c2ccccc2)n1. The quantitative estimate of drug-likeness (QED) is 0.736. The van der Waals surface area contributed by atoms with E-state index in [1.54, 1.807) is 4.90 Å². The Balaban J connectivity index is 2.04. The van der Waals surface area contributed by atoms with Crippen LogP contribution in [0.5, 0.6) is 0 Å². The van der Waals surface area contributed by atoms with Crippen LogP contribution in [0.1, 0.15) is 11.7 Å². The maximum atomic E-state index is 10.1. The fourth-order valence-corrected chi connectivity index (χ4v) is 1.64. The molecule has 20 heavy (non-hydrogen) atoms. The van der Waals surface area contributed by atoms with Crippen molar-refractivity contribution in [3.05, 3.63) is 35.9 Å². The highest BCUT2D eigenvalue weighted by Crippen LogP contribution is 2.14. The minimum Gasteiger partial charge on any atom is -0.387 e. The van der Waals surface area contributed by atoms with E-state index in [-0.39, 0.29) is 5.95 Å². The number of nitrogens with one attached hydrogen (secondary N) is 1. The number of anilines is 3. The van der Waals surface area contributed by atoms with Crippen molar-refractivity contribution in [3.63, 3.8) is 0 Å². The van der Waals surface area contributed by atoms with Gasteiger partial charge in [-0.15, -0.1) is 0 Å². The van der Waals surface area contributed by atoms with Crippen molar-refractivity contribution in [1.82, 2.24) is 15.0 Å². The molecular formula is C13H18N6O. The molecule has 0 aliphatic heterocycles. The Bertz CT molecular complexity index is 560. The van der Waals surface area contributed by atoms with Crippen LogP contribution in [0.25, 0.3) is 0 Å². The predicted molar refractivity (Wildman–Crippen MR) is 78.5 cm³/mol. The summed E-state index contributed by atoms with van der Waals surface area (Å²) >= 11 is 0. The van der Waals surface area contributed by atoms with E-state index in [0.717, 1.165) is 5.56 Å². The molecule has 0 spiro atoms. The van der Waals surface area contributed by atoms with Crippen LogP contribution in [-0.2, 0) is 0 Å². The van der Waals surface area contributed by atoms with E-state index in [2.05, 4.69) is 20.3 Å². The molecule has 7 nitrogen and oxygen atoms in total. The van der Waals surface area contributed by atoms with Gasteiger partial charge in [-0.1, -0.05) is 30.3 Å². The molecule has 0 bridgehead atoms. The van der Waals surface area contributed by atoms with Gasteiger partial charge in [0.2, 0.25) is 17.8 Å². The Morgan fingerprint density at radius 3 is 2.55 bits per heavy atom. The highest BCUT2D eigenvalue weighted by atomic mass is 16.3. The lowest BCUT2D eigenvalue weighted by Crippen LogP contribution is -2.18. The summed E-state index contributed by atoms with van der Waals surface area (Å²) in [6, 6.07) is 9.38. The second-order valence-corrected chi connectivity index (χ2v) is 4.52. The first-order valence-electron chi connectivity index (χ1n) is 6.22. The van der Waals surface area contributed by atoms with Gasteiger partial charge in [-0.3, -0.25) is 0 Å². The van der Waals surface area contributed by atoms with Gasteiger partial charge in [0.05, 0.1) is 6.10 Å². The summed E-state index contributed by atoms with van der Waals surface area (Å²) in [5.41, 5.74) is 6.45. The van der Waals surface area contributed by atoms with E-state index in [4.69, 9.17) is 5.73 Å². The van der Waals surface area contributed by atoms with E-state index < -0.39 is 6.10 Å². The van der Waals surface area contributed by atoms with E-state index in [9.17, 15) is 5.11 Å². The molecule has 0 amide bonds. The normalized spacial score (nSPS) is 11.9. The van der Waals surface area contributed by atoms with Crippen LogP contribution < -0.4 is 16.0 Å². The summed E-state index contributed by atoms with van der Waals surface area (Å²) in [5, 5.41) is 13.0. The summed E-state index contributed by atoms with van der Waals surface area (Å²) in [6.07, 6.45) is -0.642. The van der Waals surface area contributed by atoms with Gasteiger partial charge in [-0.05, 0) is 5.56 Å². The fraction of sp³-hybridized carbons (Fsp3) is 0.308. The maximum absolute atomic E-state index is 10.1. The lowest BCUT2D eigenvalue weighted by Gasteiger charge is -2.14. The third-order valence-corrected chi connectivity index (χ3v) is 2.68. The first kappa shape index (κ1) is 14.0. The van der Waals surface area contributed by atoms with Gasteiger partial charge in [0.15, 0.2) is 0 Å². The average molecular weight is 274 g/mol. The summed E-state index contributed by atoms with van der Waals surface area (Å²) in [7, 11) is 3.63. The van der Waals surface area contributed by atoms with Gasteiger partial charge in [0, 0.05) is 20.6 Å². The highest BCUT2D eigenvalue weighted by Gasteiger charge is 2.09. The molecule has 0 saturated carbocycles. The zero-order chi connectivity index (χ0) is 14.5. The van der Waals surface area contributed by atoms with Gasteiger partial charge < -0.3 is 21.1 Å². The van der Waals surface area contributed by atoms with Crippen molar-refractivity contribution in [2.75, 3.05) is 36.6 Å². The number of nitrogens with two attached hydrogens (primary N) is 1. The molecule has 0 fully saturated rings. The Hall–Kier alpha value is -2.41. The minimum atomic E-state index is -0.642. The Morgan fingerprint density at radius 2 is 1.90 bits per heavy atom. The molecule has 1 aromatic heterocycles. The smallest absolute Gasteiger partial charge is 0.231 e. The van der Waals surface area contributed by atoms with Crippen LogP contribution in [-0.4, -0.2) is 40.7 Å². The van der Waals surface area contributed by atoms with Gasteiger partial charge in [0.1, 0.15) is 0 Å². The van der Waals surface area contributed by atoms with E-state index in [1.807, 2.05) is 44.4 Å². The number of aliphatic hydroxyl groups is 1. The Labute approximate surface area is 117 Å². The highest BCUT2D eigenvalue weighted by molar-refractivity contribution is 5.41. The van der Waals surface area contributed by atoms with Gasteiger partial charge in [0.25, 0.3) is 0 Å². The van der Waals surface area contributed by atoms with Gasteiger partial charge >= 0.3 is 0 Å². The number of aliphatic hydroxyl groups excluding tert-OH is 1. The molecular weight excluding hydrogens is 256 g/mol. The molecule has 0 radical (unpaired) electrons. The zero-order valence-corrected chi connectivity index (χ0v) is 11.5. The fourth-order valence-electron chi connectivity index (χ4n) is 1.64. The summed E-state index contributed by atoms with van der Waals surface area (Å²) in [5.74, 6) is 0.950. The van der Waals surface area contributed by atoms with Crippen molar-refractivity contribution < 1.29 is 5.11 Å². The molecule has 1 heterocycles. The zero-order valence-electron chi connectivity index (χ0n) is 11.5. The third kappa shape index (κ3) is 3.55. The van der Waals surface area contributed by atoms with Crippen molar-refractivity contribution >= 4 is 17.8 Å². The molecule has 1 atom stereocenters. The molecule has 7 heteroatoms. The monoisotopic (exact) mass is 274 g/mol. The van der Waals surface area contributed by atoms with Crippen molar-refractivity contribution in [1.29, 1.82) is 0 Å². The largest absolute Gasteiger partial charge is 0.387 e. The molecule has 0 aliphatic rings. The van der Waals surface area contributed by atoms with Crippen molar-refractivity contribution in [2.45, 2.75) is 6.10 Å². The van der Waals surface area contributed by atoms with Gasteiger partial charge in [-0.25, -0.2) is 0 Å². The number of rotatable bonds is 5. The van der Waals surface area contributed by atoms with Crippen molar-refractivity contribution in [2.24, 2.45) is 0 Å². The number of hydrogen-bond donors (Lipinski definition) is 3. The first-order chi connectivity index (χ1) is 9.56. The summed E-state index contributed by atoms with van der Waals surface area (Å²) < 4.78 is 0. The van der Waals surface area contributed by atoms with E-state index in [0.29, 0.717) is 18.4 Å². The molecule has 0 aliphatic carbocycles. The molecule has 2 aromatic rings. The maximum Gasteiger partial charge on any atom is 0.231 e. The molecule has 0 saturated heterocycles. The summed E-state index contributed by atoms with van der Waals surface area (Å²) in [6.45, 7) is 0.292. The van der Waals surface area contributed by atoms with Crippen LogP contribution >= 0.6 is 0 Å². The van der Waals surface area contributed by atoms with E-state index >= 15 is 0 Å². The van der Waals surface area contributed by atoms with Crippen LogP contribution in [0.3, 0.4) is 0 Å². The number of nitrogen functional groups attached to an aromatic ring is 1. The van der Waals surface area contributed by atoms with Crippen LogP contribution in [0.2, 0.25) is 0 Å². The number of aromatic nitrogens is 3. The lowest BCUT2D eigenvalue weighted by molar-refractivity contribution is 0.191. The standard InChI is InChI=1S/C13H18N6O/c1-19(2)13-17-11(14)16-12(18-13)15-8-10(20)9-6-4-3-5-7-9/h3-7,10,20H,8H2,1-2H3,(H3,14,15,16,17,18). The molecule has 106 valence electrons. The van der Waals surface area contributed by atoms with Gasteiger partial charge in [-0.2, -0.15) is 15.0 Å².